The fraction of sp³-hybridized carbons (Fsp3) is 1.00. The van der Waals surface area contributed by atoms with Gasteiger partial charge in [0.2, 0.25) is 0 Å². The lowest BCUT2D eigenvalue weighted by Crippen LogP contribution is -2.56. The molecule has 0 aliphatic heterocycles. The standard InChI is InChI=1S/C29H49F3O2/c1-6-28(34)16-15-26(4)19(17-28)7-8-20-21-9-10-23(27(21,5)14-13-22(20)26)24(29(30,31)32)11-12-25(33)18(2)3/h18-25,33-34H,6-17H2,1-5H3/t19-,20?,21?,22?,23?,24?,25?,26?,27?,28-/m0/s1. The maximum absolute atomic E-state index is 14.4. The Labute approximate surface area is 205 Å². The Kier molecular flexibility index (Phi) is 7.26. The Morgan fingerprint density at radius 2 is 1.56 bits per heavy atom. The highest BCUT2D eigenvalue weighted by Crippen LogP contribution is 2.69. The lowest BCUT2D eigenvalue weighted by Gasteiger charge is -2.62. The first-order valence-corrected chi connectivity index (χ1v) is 14.2. The maximum atomic E-state index is 14.4. The van der Waals surface area contributed by atoms with Crippen molar-refractivity contribution in [1.82, 2.24) is 0 Å². The molecule has 0 spiro atoms. The Hall–Kier alpha value is -0.290. The van der Waals surface area contributed by atoms with Crippen LogP contribution in [0.5, 0.6) is 0 Å². The van der Waals surface area contributed by atoms with Crippen molar-refractivity contribution in [2.75, 3.05) is 0 Å². The van der Waals surface area contributed by atoms with Crippen LogP contribution in [-0.4, -0.2) is 28.1 Å². The van der Waals surface area contributed by atoms with E-state index in [9.17, 15) is 23.4 Å². The molecule has 4 saturated carbocycles. The second-order valence-corrected chi connectivity index (χ2v) is 13.7. The van der Waals surface area contributed by atoms with Crippen LogP contribution >= 0.6 is 0 Å². The number of fused-ring (bicyclic) bond motifs is 5. The van der Waals surface area contributed by atoms with E-state index in [2.05, 4.69) is 20.8 Å². The van der Waals surface area contributed by atoms with Crippen LogP contribution in [0.3, 0.4) is 0 Å². The Morgan fingerprint density at radius 1 is 0.882 bits per heavy atom. The van der Waals surface area contributed by atoms with Crippen LogP contribution < -0.4 is 0 Å². The minimum absolute atomic E-state index is 0.00646. The Balaban J connectivity index is 1.53. The molecule has 4 fully saturated rings. The van der Waals surface area contributed by atoms with E-state index in [4.69, 9.17) is 0 Å². The molecule has 34 heavy (non-hydrogen) atoms. The SMILES string of the molecule is CC[C@]1(O)CCC2(C)C3CCC4(C)C(CCC4C(CCC(O)C(C)C)C(F)(F)F)C3CC[C@H]2C1. The summed E-state index contributed by atoms with van der Waals surface area (Å²) in [4.78, 5) is 0. The van der Waals surface area contributed by atoms with Gasteiger partial charge in [-0.2, -0.15) is 13.2 Å². The molecule has 5 heteroatoms. The van der Waals surface area contributed by atoms with Crippen molar-refractivity contribution in [3.63, 3.8) is 0 Å². The van der Waals surface area contributed by atoms with Crippen molar-refractivity contribution in [3.8, 4) is 0 Å². The predicted molar refractivity (Wildman–Crippen MR) is 130 cm³/mol. The third-order valence-electron chi connectivity index (χ3n) is 12.0. The first-order chi connectivity index (χ1) is 15.7. The first-order valence-electron chi connectivity index (χ1n) is 14.2. The van der Waals surface area contributed by atoms with Gasteiger partial charge in [-0.3, -0.25) is 0 Å². The third kappa shape index (κ3) is 4.48. The van der Waals surface area contributed by atoms with Gasteiger partial charge in [0.25, 0.3) is 0 Å². The minimum Gasteiger partial charge on any atom is -0.393 e. The number of aliphatic hydroxyl groups excluding tert-OH is 1. The van der Waals surface area contributed by atoms with Gasteiger partial charge in [-0.15, -0.1) is 0 Å². The van der Waals surface area contributed by atoms with E-state index in [1.54, 1.807) is 0 Å². The van der Waals surface area contributed by atoms with Gasteiger partial charge in [0.05, 0.1) is 17.6 Å². The van der Waals surface area contributed by atoms with Crippen molar-refractivity contribution >= 4 is 0 Å². The molecule has 0 heterocycles. The van der Waals surface area contributed by atoms with Crippen molar-refractivity contribution in [2.24, 2.45) is 52.3 Å². The number of hydrogen-bond donors (Lipinski definition) is 2. The smallest absolute Gasteiger partial charge is 0.392 e. The maximum Gasteiger partial charge on any atom is 0.392 e. The normalized spacial score (nSPS) is 46.5. The molecule has 4 aliphatic rings. The summed E-state index contributed by atoms with van der Waals surface area (Å²) in [6.07, 6.45) is 4.92. The van der Waals surface area contributed by atoms with E-state index >= 15 is 0 Å². The van der Waals surface area contributed by atoms with Gasteiger partial charge in [0, 0.05) is 0 Å². The number of halogens is 3. The lowest BCUT2D eigenvalue weighted by atomic mass is 9.43. The highest BCUT2D eigenvalue weighted by atomic mass is 19.4. The quantitative estimate of drug-likeness (QED) is 0.403. The average molecular weight is 487 g/mol. The summed E-state index contributed by atoms with van der Waals surface area (Å²) in [7, 11) is 0. The van der Waals surface area contributed by atoms with E-state index < -0.39 is 23.8 Å². The number of aliphatic hydroxyl groups is 2. The molecule has 4 rings (SSSR count). The summed E-state index contributed by atoms with van der Waals surface area (Å²) < 4.78 is 43.1. The van der Waals surface area contributed by atoms with E-state index in [1.165, 1.54) is 0 Å². The number of hydrogen-bond acceptors (Lipinski definition) is 2. The van der Waals surface area contributed by atoms with Crippen LogP contribution in [-0.2, 0) is 0 Å². The van der Waals surface area contributed by atoms with Crippen LogP contribution in [0.15, 0.2) is 0 Å². The molecule has 2 N–H and O–H groups in total. The summed E-state index contributed by atoms with van der Waals surface area (Å²) in [5, 5.41) is 21.2. The van der Waals surface area contributed by atoms with Gasteiger partial charge >= 0.3 is 6.18 Å². The summed E-state index contributed by atoms with van der Waals surface area (Å²) in [5.41, 5.74) is -0.528. The Morgan fingerprint density at radius 3 is 2.18 bits per heavy atom. The minimum atomic E-state index is -4.20. The summed E-state index contributed by atoms with van der Waals surface area (Å²) in [6.45, 7) is 10.5. The molecule has 0 radical (unpaired) electrons. The monoisotopic (exact) mass is 486 g/mol. The molecule has 2 nitrogen and oxygen atoms in total. The highest BCUT2D eigenvalue weighted by Gasteiger charge is 2.63. The van der Waals surface area contributed by atoms with E-state index in [0.29, 0.717) is 30.1 Å². The highest BCUT2D eigenvalue weighted by molar-refractivity contribution is 5.11. The zero-order chi connectivity index (χ0) is 25.1. The van der Waals surface area contributed by atoms with Gasteiger partial charge in [-0.25, -0.2) is 0 Å². The van der Waals surface area contributed by atoms with E-state index in [1.807, 2.05) is 13.8 Å². The van der Waals surface area contributed by atoms with Crippen LogP contribution in [0.25, 0.3) is 0 Å². The Bertz CT molecular complexity index is 723. The molecule has 10 atom stereocenters. The summed E-state index contributed by atoms with van der Waals surface area (Å²) in [6, 6.07) is 0. The third-order valence-corrected chi connectivity index (χ3v) is 12.0. The van der Waals surface area contributed by atoms with E-state index in [0.717, 1.165) is 57.8 Å². The molecule has 198 valence electrons. The van der Waals surface area contributed by atoms with Crippen LogP contribution in [0.1, 0.15) is 112 Å². The molecule has 4 aliphatic carbocycles. The average Bonchev–Trinajstić information content (AvgIpc) is 3.10. The largest absolute Gasteiger partial charge is 0.393 e. The lowest BCUT2D eigenvalue weighted by molar-refractivity contribution is -0.211. The van der Waals surface area contributed by atoms with Crippen LogP contribution in [0.2, 0.25) is 0 Å². The van der Waals surface area contributed by atoms with Gasteiger partial charge in [-0.1, -0.05) is 34.6 Å². The molecular weight excluding hydrogens is 437 g/mol. The molecule has 0 saturated heterocycles. The molecule has 0 bridgehead atoms. The fourth-order valence-corrected chi connectivity index (χ4v) is 9.62. The topological polar surface area (TPSA) is 40.5 Å². The second kappa shape index (κ2) is 9.23. The molecule has 0 aromatic rings. The van der Waals surface area contributed by atoms with Crippen molar-refractivity contribution in [1.29, 1.82) is 0 Å². The van der Waals surface area contributed by atoms with Crippen molar-refractivity contribution in [3.05, 3.63) is 0 Å². The zero-order valence-electron chi connectivity index (χ0n) is 22.1. The molecule has 0 aromatic heterocycles. The van der Waals surface area contributed by atoms with Gasteiger partial charge < -0.3 is 10.2 Å². The predicted octanol–water partition coefficient (Wildman–Crippen LogP) is 7.76. The number of rotatable bonds is 6. The molecule has 8 unspecified atom stereocenters. The summed E-state index contributed by atoms with van der Waals surface area (Å²) in [5.74, 6) is 0.446. The summed E-state index contributed by atoms with van der Waals surface area (Å²) >= 11 is 0. The number of alkyl halides is 3. The molecule has 0 aromatic carbocycles. The van der Waals surface area contributed by atoms with Gasteiger partial charge in [0.1, 0.15) is 0 Å². The fourth-order valence-electron chi connectivity index (χ4n) is 9.62. The van der Waals surface area contributed by atoms with Crippen molar-refractivity contribution in [2.45, 2.75) is 130 Å². The van der Waals surface area contributed by atoms with Crippen LogP contribution in [0, 0.1) is 52.3 Å². The molecular formula is C29H49F3O2. The first kappa shape index (κ1) is 26.8. The van der Waals surface area contributed by atoms with E-state index in [-0.39, 0.29) is 35.5 Å². The second-order valence-electron chi connectivity index (χ2n) is 13.7. The molecule has 0 amide bonds. The van der Waals surface area contributed by atoms with Crippen molar-refractivity contribution < 1.29 is 23.4 Å². The van der Waals surface area contributed by atoms with Gasteiger partial charge in [0.15, 0.2) is 0 Å². The van der Waals surface area contributed by atoms with Crippen LogP contribution in [0.4, 0.5) is 13.2 Å². The zero-order valence-corrected chi connectivity index (χ0v) is 22.1. The van der Waals surface area contributed by atoms with Gasteiger partial charge in [-0.05, 0) is 123 Å².